The average Bonchev–Trinajstić information content (AvgIpc) is 2.57. The number of amides is 1. The molecule has 1 aliphatic heterocycles. The van der Waals surface area contributed by atoms with Gasteiger partial charge in [0.25, 0.3) is 0 Å². The molecule has 1 amide bonds. The largest absolute Gasteiger partial charge is 0.480 e. The van der Waals surface area contributed by atoms with Crippen LogP contribution in [0.2, 0.25) is 0 Å². The van der Waals surface area contributed by atoms with Crippen LogP contribution in [-0.4, -0.2) is 51.0 Å². The van der Waals surface area contributed by atoms with Gasteiger partial charge in [-0.3, -0.25) is 14.5 Å². The first kappa shape index (κ1) is 19.3. The van der Waals surface area contributed by atoms with Crippen LogP contribution >= 0.6 is 0 Å². The molecule has 25 heavy (non-hydrogen) atoms. The summed E-state index contributed by atoms with van der Waals surface area (Å²) in [6, 6.07) is 2.77. The molecule has 1 aliphatic rings. The first-order valence-corrected chi connectivity index (χ1v) is 8.95. The monoisotopic (exact) mass is 348 g/mol. The van der Waals surface area contributed by atoms with E-state index in [2.05, 4.69) is 34.0 Å². The molecule has 0 aliphatic carbocycles. The Morgan fingerprint density at radius 1 is 1.36 bits per heavy atom. The minimum absolute atomic E-state index is 0.224. The second kappa shape index (κ2) is 8.89. The Hall–Kier alpha value is -2.02. The summed E-state index contributed by atoms with van der Waals surface area (Å²) in [4.78, 5) is 33.8. The predicted molar refractivity (Wildman–Crippen MR) is 94.2 cm³/mol. The fraction of sp³-hybridized carbons (Fsp3) is 0.667. The molecular formula is C18H28N4O3. The molecule has 0 unspecified atom stereocenters. The lowest BCUT2D eigenvalue weighted by Crippen LogP contribution is -2.39. The van der Waals surface area contributed by atoms with E-state index in [1.54, 1.807) is 0 Å². The highest BCUT2D eigenvalue weighted by Crippen LogP contribution is 2.31. The molecule has 1 aromatic rings. The van der Waals surface area contributed by atoms with Crippen LogP contribution in [0.5, 0.6) is 0 Å². The highest BCUT2D eigenvalue weighted by atomic mass is 16.4. The first-order chi connectivity index (χ1) is 11.9. The van der Waals surface area contributed by atoms with Crippen LogP contribution < -0.4 is 5.32 Å². The van der Waals surface area contributed by atoms with Crippen molar-refractivity contribution in [2.24, 2.45) is 0 Å². The van der Waals surface area contributed by atoms with Crippen molar-refractivity contribution >= 4 is 11.9 Å². The van der Waals surface area contributed by atoms with E-state index >= 15 is 0 Å². The standard InChI is InChI=1S/C18H28N4O3/c1-12(2)22-9-5-4-6-16(22)15-10-14(20-13(3)21-15)7-8-17(23)19-11-18(24)25/h10,12,16H,4-9,11H2,1-3H3,(H,19,23)(H,24,25)/t16-/m0/s1. The Morgan fingerprint density at radius 3 is 2.80 bits per heavy atom. The number of carboxylic acids is 1. The average molecular weight is 348 g/mol. The summed E-state index contributed by atoms with van der Waals surface area (Å²) in [5.74, 6) is -0.603. The molecule has 7 heteroatoms. The van der Waals surface area contributed by atoms with E-state index in [1.807, 2.05) is 13.0 Å². The quantitative estimate of drug-likeness (QED) is 0.781. The zero-order valence-electron chi connectivity index (χ0n) is 15.3. The van der Waals surface area contributed by atoms with E-state index in [0.29, 0.717) is 24.3 Å². The second-order valence-electron chi connectivity index (χ2n) is 6.84. The topological polar surface area (TPSA) is 95.4 Å². The van der Waals surface area contributed by atoms with Gasteiger partial charge in [0.1, 0.15) is 12.4 Å². The summed E-state index contributed by atoms with van der Waals surface area (Å²) in [6.45, 7) is 7.02. The van der Waals surface area contributed by atoms with Gasteiger partial charge >= 0.3 is 5.97 Å². The zero-order chi connectivity index (χ0) is 18.4. The van der Waals surface area contributed by atoms with E-state index in [9.17, 15) is 9.59 Å². The first-order valence-electron chi connectivity index (χ1n) is 8.95. The lowest BCUT2D eigenvalue weighted by Gasteiger charge is -2.38. The molecule has 7 nitrogen and oxygen atoms in total. The third-order valence-corrected chi connectivity index (χ3v) is 4.50. The van der Waals surface area contributed by atoms with Crippen LogP contribution in [0.1, 0.15) is 62.8 Å². The third kappa shape index (κ3) is 5.77. The fourth-order valence-corrected chi connectivity index (χ4v) is 3.35. The molecule has 2 rings (SSSR count). The van der Waals surface area contributed by atoms with Crippen molar-refractivity contribution in [2.75, 3.05) is 13.1 Å². The second-order valence-corrected chi connectivity index (χ2v) is 6.84. The van der Waals surface area contributed by atoms with E-state index in [4.69, 9.17) is 5.11 Å². The number of hydrogen-bond donors (Lipinski definition) is 2. The molecule has 0 bridgehead atoms. The molecule has 2 heterocycles. The number of carbonyl (C=O) groups excluding carboxylic acids is 1. The summed E-state index contributed by atoms with van der Waals surface area (Å²) in [7, 11) is 0. The molecule has 1 aromatic heterocycles. The van der Waals surface area contributed by atoms with Crippen molar-refractivity contribution in [1.29, 1.82) is 0 Å². The number of aliphatic carboxylic acids is 1. The van der Waals surface area contributed by atoms with Crippen molar-refractivity contribution in [1.82, 2.24) is 20.2 Å². The summed E-state index contributed by atoms with van der Waals surface area (Å²) in [5.41, 5.74) is 1.86. The number of piperidine rings is 1. The number of hydrogen-bond acceptors (Lipinski definition) is 5. The van der Waals surface area contributed by atoms with Crippen molar-refractivity contribution in [3.8, 4) is 0 Å². The number of aryl methyl sites for hydroxylation is 2. The Kier molecular flexibility index (Phi) is 6.87. The van der Waals surface area contributed by atoms with Gasteiger partial charge in [0.15, 0.2) is 0 Å². The fourth-order valence-electron chi connectivity index (χ4n) is 3.35. The molecule has 1 saturated heterocycles. The van der Waals surface area contributed by atoms with E-state index in [0.717, 1.165) is 24.4 Å². The van der Waals surface area contributed by atoms with Crippen molar-refractivity contribution < 1.29 is 14.7 Å². The number of rotatable bonds is 7. The number of carboxylic acid groups (broad SMARTS) is 1. The maximum Gasteiger partial charge on any atom is 0.322 e. The molecule has 0 radical (unpaired) electrons. The van der Waals surface area contributed by atoms with Gasteiger partial charge in [-0.2, -0.15) is 0 Å². The van der Waals surface area contributed by atoms with Crippen LogP contribution in [-0.2, 0) is 16.0 Å². The summed E-state index contributed by atoms with van der Waals surface area (Å²) < 4.78 is 0. The SMILES string of the molecule is Cc1nc(CCC(=O)NCC(=O)O)cc([C@@H]2CCCCN2C(C)C)n1. The Morgan fingerprint density at radius 2 is 2.12 bits per heavy atom. The molecular weight excluding hydrogens is 320 g/mol. The molecule has 1 atom stereocenters. The van der Waals surface area contributed by atoms with Gasteiger partial charge in [0, 0.05) is 18.2 Å². The van der Waals surface area contributed by atoms with Gasteiger partial charge < -0.3 is 10.4 Å². The van der Waals surface area contributed by atoms with Crippen LogP contribution in [0.15, 0.2) is 6.07 Å². The number of carbonyl (C=O) groups is 2. The highest BCUT2D eigenvalue weighted by Gasteiger charge is 2.27. The molecule has 138 valence electrons. The Balaban J connectivity index is 2.06. The molecule has 0 spiro atoms. The summed E-state index contributed by atoms with van der Waals surface area (Å²) in [5, 5.41) is 11.0. The number of aromatic nitrogens is 2. The maximum atomic E-state index is 11.7. The van der Waals surface area contributed by atoms with Crippen LogP contribution in [0.3, 0.4) is 0 Å². The van der Waals surface area contributed by atoms with Gasteiger partial charge in [0.05, 0.1) is 11.7 Å². The van der Waals surface area contributed by atoms with Crippen molar-refractivity contribution in [3.05, 3.63) is 23.3 Å². The smallest absolute Gasteiger partial charge is 0.322 e. The highest BCUT2D eigenvalue weighted by molar-refractivity contribution is 5.81. The lowest BCUT2D eigenvalue weighted by molar-refractivity contribution is -0.137. The van der Waals surface area contributed by atoms with Gasteiger partial charge in [-0.1, -0.05) is 6.42 Å². The summed E-state index contributed by atoms with van der Waals surface area (Å²) >= 11 is 0. The van der Waals surface area contributed by atoms with Gasteiger partial charge in [0.2, 0.25) is 5.91 Å². The molecule has 2 N–H and O–H groups in total. The maximum absolute atomic E-state index is 11.7. The number of nitrogens with one attached hydrogen (secondary N) is 1. The number of likely N-dealkylation sites (tertiary alicyclic amines) is 1. The van der Waals surface area contributed by atoms with Crippen LogP contribution in [0.4, 0.5) is 0 Å². The minimum Gasteiger partial charge on any atom is -0.480 e. The van der Waals surface area contributed by atoms with Crippen LogP contribution in [0.25, 0.3) is 0 Å². The predicted octanol–water partition coefficient (Wildman–Crippen LogP) is 1.85. The minimum atomic E-state index is -1.04. The lowest BCUT2D eigenvalue weighted by atomic mass is 9.96. The molecule has 0 saturated carbocycles. The summed E-state index contributed by atoms with van der Waals surface area (Å²) in [6.07, 6.45) is 4.21. The van der Waals surface area contributed by atoms with Gasteiger partial charge in [-0.05, 0) is 52.6 Å². The molecule has 0 aromatic carbocycles. The van der Waals surface area contributed by atoms with E-state index < -0.39 is 5.97 Å². The van der Waals surface area contributed by atoms with Crippen molar-refractivity contribution in [3.63, 3.8) is 0 Å². The van der Waals surface area contributed by atoms with E-state index in [-0.39, 0.29) is 18.9 Å². The van der Waals surface area contributed by atoms with E-state index in [1.165, 1.54) is 12.8 Å². The zero-order valence-corrected chi connectivity index (χ0v) is 15.3. The van der Waals surface area contributed by atoms with Gasteiger partial charge in [-0.15, -0.1) is 0 Å². The van der Waals surface area contributed by atoms with Gasteiger partial charge in [-0.25, -0.2) is 9.97 Å². The Bertz CT molecular complexity index is 618. The Labute approximate surface area is 148 Å². The number of nitrogens with zero attached hydrogens (tertiary/aromatic N) is 3. The third-order valence-electron chi connectivity index (χ3n) is 4.50. The molecule has 1 fully saturated rings. The van der Waals surface area contributed by atoms with Crippen LogP contribution in [0, 0.1) is 6.92 Å². The normalized spacial score (nSPS) is 18.3. The van der Waals surface area contributed by atoms with Crippen molar-refractivity contribution in [2.45, 2.75) is 65.0 Å².